The fourth-order valence-corrected chi connectivity index (χ4v) is 2.95. The first-order chi connectivity index (χ1) is 11.5. The van der Waals surface area contributed by atoms with E-state index in [1.807, 2.05) is 29.7 Å². The molecule has 24 heavy (non-hydrogen) atoms. The van der Waals surface area contributed by atoms with Gasteiger partial charge in [0.15, 0.2) is 11.2 Å². The molecule has 0 aliphatic rings. The molecule has 3 aromatic rings. The van der Waals surface area contributed by atoms with Crippen molar-refractivity contribution < 1.29 is 0 Å². The monoisotopic (exact) mass is 327 g/mol. The van der Waals surface area contributed by atoms with Gasteiger partial charge in [0, 0.05) is 20.6 Å². The Hall–Kier alpha value is -2.67. The summed E-state index contributed by atoms with van der Waals surface area (Å²) in [7, 11) is 3.11. The van der Waals surface area contributed by atoms with Crippen molar-refractivity contribution in [2.75, 3.05) is 6.54 Å². The maximum Gasteiger partial charge on any atom is 0.332 e. The van der Waals surface area contributed by atoms with E-state index in [1.165, 1.54) is 11.6 Å². The SMILES string of the molecule is CCNC(Cn1cnc2c1c(=O)n(C)c(=O)n2C)c1ccccc1. The molecule has 0 saturated heterocycles. The molecule has 0 fully saturated rings. The summed E-state index contributed by atoms with van der Waals surface area (Å²) >= 11 is 0. The molecule has 1 N–H and O–H groups in total. The highest BCUT2D eigenvalue weighted by atomic mass is 16.2. The zero-order valence-corrected chi connectivity index (χ0v) is 14.1. The van der Waals surface area contributed by atoms with Crippen LogP contribution in [0, 0.1) is 0 Å². The van der Waals surface area contributed by atoms with Crippen LogP contribution in [-0.2, 0) is 20.6 Å². The van der Waals surface area contributed by atoms with Gasteiger partial charge >= 0.3 is 5.69 Å². The highest BCUT2D eigenvalue weighted by Gasteiger charge is 2.17. The van der Waals surface area contributed by atoms with Crippen LogP contribution < -0.4 is 16.6 Å². The Kier molecular flexibility index (Phi) is 4.35. The fraction of sp³-hybridized carbons (Fsp3) is 0.353. The van der Waals surface area contributed by atoms with E-state index in [0.717, 1.165) is 16.7 Å². The summed E-state index contributed by atoms with van der Waals surface area (Å²) in [5.74, 6) is 0. The molecule has 0 bridgehead atoms. The van der Waals surface area contributed by atoms with E-state index in [4.69, 9.17) is 0 Å². The van der Waals surface area contributed by atoms with Crippen molar-refractivity contribution in [2.24, 2.45) is 14.1 Å². The van der Waals surface area contributed by atoms with E-state index in [0.29, 0.717) is 17.7 Å². The lowest BCUT2D eigenvalue weighted by Gasteiger charge is -2.19. The Morgan fingerprint density at radius 1 is 1.12 bits per heavy atom. The lowest BCUT2D eigenvalue weighted by atomic mass is 10.1. The second-order valence-electron chi connectivity index (χ2n) is 5.80. The van der Waals surface area contributed by atoms with Crippen molar-refractivity contribution in [3.63, 3.8) is 0 Å². The first-order valence-electron chi connectivity index (χ1n) is 7.93. The number of nitrogens with one attached hydrogen (secondary N) is 1. The number of aromatic nitrogens is 4. The van der Waals surface area contributed by atoms with Gasteiger partial charge in [-0.3, -0.25) is 13.9 Å². The van der Waals surface area contributed by atoms with E-state index >= 15 is 0 Å². The van der Waals surface area contributed by atoms with E-state index in [-0.39, 0.29) is 17.3 Å². The van der Waals surface area contributed by atoms with Gasteiger partial charge in [0.25, 0.3) is 5.56 Å². The van der Waals surface area contributed by atoms with Crippen LogP contribution in [0.15, 0.2) is 46.2 Å². The second kappa shape index (κ2) is 6.45. The average molecular weight is 327 g/mol. The number of nitrogens with zero attached hydrogens (tertiary/aromatic N) is 4. The summed E-state index contributed by atoms with van der Waals surface area (Å²) in [5.41, 5.74) is 1.30. The second-order valence-corrected chi connectivity index (χ2v) is 5.80. The smallest absolute Gasteiger partial charge is 0.323 e. The Morgan fingerprint density at radius 3 is 2.50 bits per heavy atom. The summed E-state index contributed by atoms with van der Waals surface area (Å²) in [6.07, 6.45) is 1.62. The number of likely N-dealkylation sites (N-methyl/N-ethyl adjacent to an activating group) is 1. The molecule has 2 heterocycles. The molecule has 1 atom stereocenters. The normalized spacial score (nSPS) is 12.6. The van der Waals surface area contributed by atoms with Crippen LogP contribution in [0.5, 0.6) is 0 Å². The van der Waals surface area contributed by atoms with Crippen molar-refractivity contribution in [3.8, 4) is 0 Å². The molecule has 1 unspecified atom stereocenters. The molecule has 0 saturated carbocycles. The summed E-state index contributed by atoms with van der Waals surface area (Å²) in [4.78, 5) is 28.8. The minimum atomic E-state index is -0.371. The molecule has 0 aliphatic carbocycles. The van der Waals surface area contributed by atoms with Crippen molar-refractivity contribution >= 4 is 11.2 Å². The van der Waals surface area contributed by atoms with Crippen molar-refractivity contribution in [1.82, 2.24) is 24.0 Å². The van der Waals surface area contributed by atoms with Crippen LogP contribution in [0.3, 0.4) is 0 Å². The number of fused-ring (bicyclic) bond motifs is 1. The molecule has 3 rings (SSSR count). The molecular weight excluding hydrogens is 306 g/mol. The molecular formula is C17H21N5O2. The van der Waals surface area contributed by atoms with Gasteiger partial charge < -0.3 is 9.88 Å². The van der Waals surface area contributed by atoms with Gasteiger partial charge in [0.05, 0.1) is 12.4 Å². The maximum atomic E-state index is 12.5. The number of benzene rings is 1. The molecule has 7 nitrogen and oxygen atoms in total. The summed E-state index contributed by atoms with van der Waals surface area (Å²) < 4.78 is 4.33. The average Bonchev–Trinajstić information content (AvgIpc) is 3.02. The van der Waals surface area contributed by atoms with E-state index in [9.17, 15) is 9.59 Å². The number of aryl methyl sites for hydroxylation is 1. The Bertz CT molecular complexity index is 968. The van der Waals surface area contributed by atoms with E-state index < -0.39 is 0 Å². The molecule has 0 radical (unpaired) electrons. The fourth-order valence-electron chi connectivity index (χ4n) is 2.95. The van der Waals surface area contributed by atoms with Gasteiger partial charge in [-0.1, -0.05) is 37.3 Å². The standard InChI is InChI=1S/C17H21N5O2/c1-4-18-13(12-8-6-5-7-9-12)10-22-11-19-15-14(22)16(23)21(3)17(24)20(15)2/h5-9,11,13,18H,4,10H2,1-3H3. The lowest BCUT2D eigenvalue weighted by Crippen LogP contribution is -2.38. The van der Waals surface area contributed by atoms with Crippen molar-refractivity contribution in [2.45, 2.75) is 19.5 Å². The van der Waals surface area contributed by atoms with E-state index in [2.05, 4.69) is 22.4 Å². The van der Waals surface area contributed by atoms with Crippen LogP contribution in [0.25, 0.3) is 11.2 Å². The predicted octanol–water partition coefficient (Wildman–Crippen LogP) is 0.785. The van der Waals surface area contributed by atoms with Gasteiger partial charge in [-0.05, 0) is 12.1 Å². The van der Waals surface area contributed by atoms with Crippen LogP contribution in [0.4, 0.5) is 0 Å². The number of rotatable bonds is 5. The molecule has 1 aromatic carbocycles. The first kappa shape index (κ1) is 16.2. The summed E-state index contributed by atoms with van der Waals surface area (Å²) in [6, 6.07) is 10.1. The van der Waals surface area contributed by atoms with Gasteiger partial charge in [0.2, 0.25) is 0 Å². The zero-order valence-electron chi connectivity index (χ0n) is 14.1. The number of hydrogen-bond donors (Lipinski definition) is 1. The van der Waals surface area contributed by atoms with Crippen molar-refractivity contribution in [3.05, 3.63) is 63.1 Å². The predicted molar refractivity (Wildman–Crippen MR) is 93.1 cm³/mol. The largest absolute Gasteiger partial charge is 0.332 e. The highest BCUT2D eigenvalue weighted by molar-refractivity contribution is 5.69. The summed E-state index contributed by atoms with van der Waals surface area (Å²) in [5, 5.41) is 3.44. The summed E-state index contributed by atoms with van der Waals surface area (Å²) in [6.45, 7) is 3.41. The zero-order chi connectivity index (χ0) is 17.3. The Labute approximate surface area is 139 Å². The third kappa shape index (κ3) is 2.67. The Morgan fingerprint density at radius 2 is 1.83 bits per heavy atom. The van der Waals surface area contributed by atoms with Crippen LogP contribution >= 0.6 is 0 Å². The molecule has 0 aliphatic heterocycles. The molecule has 7 heteroatoms. The topological polar surface area (TPSA) is 73.8 Å². The molecule has 126 valence electrons. The third-order valence-electron chi connectivity index (χ3n) is 4.25. The van der Waals surface area contributed by atoms with Crippen LogP contribution in [0.1, 0.15) is 18.5 Å². The number of imidazole rings is 1. The first-order valence-corrected chi connectivity index (χ1v) is 7.93. The minimum absolute atomic E-state index is 0.0514. The molecule has 0 spiro atoms. The maximum absolute atomic E-state index is 12.5. The van der Waals surface area contributed by atoms with Crippen LogP contribution in [0.2, 0.25) is 0 Å². The third-order valence-corrected chi connectivity index (χ3v) is 4.25. The van der Waals surface area contributed by atoms with E-state index in [1.54, 1.807) is 13.4 Å². The highest BCUT2D eigenvalue weighted by Crippen LogP contribution is 2.17. The van der Waals surface area contributed by atoms with Gasteiger partial charge in [-0.25, -0.2) is 9.78 Å². The minimum Gasteiger partial charge on any atom is -0.323 e. The number of hydrogen-bond acceptors (Lipinski definition) is 4. The van der Waals surface area contributed by atoms with Gasteiger partial charge in [-0.15, -0.1) is 0 Å². The molecule has 0 amide bonds. The van der Waals surface area contributed by atoms with Gasteiger partial charge in [-0.2, -0.15) is 0 Å². The lowest BCUT2D eigenvalue weighted by molar-refractivity contribution is 0.480. The quantitative estimate of drug-likeness (QED) is 0.752. The van der Waals surface area contributed by atoms with Crippen LogP contribution in [-0.4, -0.2) is 25.2 Å². The molecule has 2 aromatic heterocycles. The Balaban J connectivity index is 2.10. The van der Waals surface area contributed by atoms with Gasteiger partial charge in [0.1, 0.15) is 0 Å². The van der Waals surface area contributed by atoms with Crippen molar-refractivity contribution in [1.29, 1.82) is 0 Å².